The summed E-state index contributed by atoms with van der Waals surface area (Å²) in [6, 6.07) is 11.9. The standard InChI is InChI=1S/C21H19BrN2O4S/c1-12(2)28-17-8-7-13(9-16(17)22)10-18-19(25)24(3)21(29-18)23-15-6-4-5-14(11-15)20(26)27/h4-12H,1-3H3,(H,26,27)/b18-10-,23-21?. The fraction of sp³-hybridized carbons (Fsp3) is 0.190. The van der Waals surface area contributed by atoms with Crippen LogP contribution in [0, 0.1) is 0 Å². The normalized spacial score (nSPS) is 16.9. The number of carbonyl (C=O) groups is 2. The molecular weight excluding hydrogens is 456 g/mol. The van der Waals surface area contributed by atoms with Gasteiger partial charge >= 0.3 is 5.97 Å². The molecule has 0 bridgehead atoms. The van der Waals surface area contributed by atoms with Gasteiger partial charge < -0.3 is 9.84 Å². The number of aromatic carboxylic acids is 1. The maximum absolute atomic E-state index is 12.6. The van der Waals surface area contributed by atoms with Gasteiger partial charge in [-0.15, -0.1) is 0 Å². The minimum atomic E-state index is -1.02. The lowest BCUT2D eigenvalue weighted by Crippen LogP contribution is -2.23. The Bertz CT molecular complexity index is 1030. The molecule has 1 fully saturated rings. The first-order chi connectivity index (χ1) is 13.7. The van der Waals surface area contributed by atoms with E-state index in [1.807, 2.05) is 32.0 Å². The number of halogens is 1. The average Bonchev–Trinajstić information content (AvgIpc) is 2.92. The second-order valence-electron chi connectivity index (χ2n) is 6.58. The minimum Gasteiger partial charge on any atom is -0.490 e. The molecule has 1 aliphatic heterocycles. The lowest BCUT2D eigenvalue weighted by Gasteiger charge is -2.11. The summed E-state index contributed by atoms with van der Waals surface area (Å²) in [4.78, 5) is 30.2. The van der Waals surface area contributed by atoms with Crippen molar-refractivity contribution in [1.29, 1.82) is 0 Å². The number of likely N-dealkylation sites (N-methyl/N-ethyl adjacent to an activating group) is 1. The van der Waals surface area contributed by atoms with Gasteiger partial charge in [0.05, 0.1) is 26.7 Å². The first kappa shape index (κ1) is 21.1. The van der Waals surface area contributed by atoms with Crippen LogP contribution in [0.1, 0.15) is 29.8 Å². The molecule has 1 saturated heterocycles. The molecule has 29 heavy (non-hydrogen) atoms. The molecule has 0 atom stereocenters. The topological polar surface area (TPSA) is 79.2 Å². The molecule has 1 aliphatic rings. The number of amidine groups is 1. The number of amides is 1. The van der Waals surface area contributed by atoms with E-state index in [1.165, 1.54) is 28.8 Å². The average molecular weight is 475 g/mol. The van der Waals surface area contributed by atoms with Crippen LogP contribution in [0.3, 0.4) is 0 Å². The summed E-state index contributed by atoms with van der Waals surface area (Å²) in [5.41, 5.74) is 1.48. The summed E-state index contributed by atoms with van der Waals surface area (Å²) >= 11 is 4.74. The molecule has 3 rings (SSSR count). The number of hydrogen-bond acceptors (Lipinski definition) is 5. The highest BCUT2D eigenvalue weighted by Gasteiger charge is 2.30. The zero-order valence-electron chi connectivity index (χ0n) is 16.0. The van der Waals surface area contributed by atoms with Crippen molar-refractivity contribution in [2.24, 2.45) is 4.99 Å². The molecule has 0 radical (unpaired) electrons. The van der Waals surface area contributed by atoms with Gasteiger partial charge in [0.15, 0.2) is 5.17 Å². The summed E-state index contributed by atoms with van der Waals surface area (Å²) in [6.45, 7) is 3.91. The predicted octanol–water partition coefficient (Wildman–Crippen LogP) is 5.17. The summed E-state index contributed by atoms with van der Waals surface area (Å²) in [5.74, 6) is -0.446. The number of carboxylic acids is 1. The predicted molar refractivity (Wildman–Crippen MR) is 119 cm³/mol. The molecule has 1 heterocycles. The molecule has 1 N–H and O–H groups in total. The fourth-order valence-corrected chi connectivity index (χ4v) is 4.06. The van der Waals surface area contributed by atoms with E-state index in [1.54, 1.807) is 25.3 Å². The molecule has 2 aromatic carbocycles. The van der Waals surface area contributed by atoms with Gasteiger partial charge in [0.1, 0.15) is 5.75 Å². The number of thioether (sulfide) groups is 1. The Morgan fingerprint density at radius 2 is 2.03 bits per heavy atom. The van der Waals surface area contributed by atoms with Crippen LogP contribution in [0.25, 0.3) is 6.08 Å². The lowest BCUT2D eigenvalue weighted by atomic mass is 10.2. The number of aliphatic imine (C=N–C) groups is 1. The molecule has 2 aromatic rings. The highest BCUT2D eigenvalue weighted by molar-refractivity contribution is 9.10. The van der Waals surface area contributed by atoms with Crippen LogP contribution in [-0.2, 0) is 4.79 Å². The van der Waals surface area contributed by atoms with E-state index in [9.17, 15) is 9.59 Å². The molecule has 6 nitrogen and oxygen atoms in total. The zero-order chi connectivity index (χ0) is 21.1. The summed E-state index contributed by atoms with van der Waals surface area (Å²) < 4.78 is 6.52. The van der Waals surface area contributed by atoms with Crippen LogP contribution in [-0.4, -0.2) is 40.2 Å². The SMILES string of the molecule is CC(C)Oc1ccc(/C=C2\SC(=Nc3cccc(C(=O)O)c3)N(C)C2=O)cc1Br. The Balaban J connectivity index is 1.86. The number of carboxylic acid groups (broad SMARTS) is 1. The van der Waals surface area contributed by atoms with Crippen LogP contribution >= 0.6 is 27.7 Å². The van der Waals surface area contributed by atoms with Crippen molar-refractivity contribution in [3.05, 3.63) is 63.0 Å². The number of ether oxygens (including phenoxy) is 1. The molecule has 0 spiro atoms. The molecule has 8 heteroatoms. The second kappa shape index (κ2) is 8.84. The first-order valence-electron chi connectivity index (χ1n) is 8.80. The van der Waals surface area contributed by atoms with E-state index in [0.717, 1.165) is 15.8 Å². The molecular formula is C21H19BrN2O4S. The van der Waals surface area contributed by atoms with Crippen LogP contribution < -0.4 is 4.74 Å². The maximum atomic E-state index is 12.6. The van der Waals surface area contributed by atoms with Gasteiger partial charge in [0, 0.05) is 7.05 Å². The van der Waals surface area contributed by atoms with E-state index < -0.39 is 5.97 Å². The van der Waals surface area contributed by atoms with Gasteiger partial charge in [0.2, 0.25) is 0 Å². The van der Waals surface area contributed by atoms with Gasteiger partial charge in [-0.3, -0.25) is 9.69 Å². The Morgan fingerprint density at radius 3 is 2.69 bits per heavy atom. The minimum absolute atomic E-state index is 0.0644. The van der Waals surface area contributed by atoms with Gasteiger partial charge in [-0.25, -0.2) is 9.79 Å². The monoisotopic (exact) mass is 474 g/mol. The highest BCUT2D eigenvalue weighted by atomic mass is 79.9. The summed E-state index contributed by atoms with van der Waals surface area (Å²) in [7, 11) is 1.64. The van der Waals surface area contributed by atoms with Crippen molar-refractivity contribution in [2.75, 3.05) is 7.05 Å². The van der Waals surface area contributed by atoms with Crippen molar-refractivity contribution >= 4 is 56.5 Å². The third-order valence-corrected chi connectivity index (χ3v) is 5.62. The van der Waals surface area contributed by atoms with Crippen LogP contribution in [0.5, 0.6) is 5.75 Å². The van der Waals surface area contributed by atoms with Gasteiger partial charge in [-0.1, -0.05) is 12.1 Å². The van der Waals surface area contributed by atoms with Crippen molar-refractivity contribution in [1.82, 2.24) is 4.90 Å². The van der Waals surface area contributed by atoms with Crippen molar-refractivity contribution < 1.29 is 19.4 Å². The largest absolute Gasteiger partial charge is 0.490 e. The number of hydrogen-bond donors (Lipinski definition) is 1. The molecule has 0 aromatic heterocycles. The van der Waals surface area contributed by atoms with E-state index in [-0.39, 0.29) is 17.6 Å². The Kier molecular flexibility index (Phi) is 6.44. The Morgan fingerprint density at radius 1 is 1.28 bits per heavy atom. The van der Waals surface area contributed by atoms with E-state index in [2.05, 4.69) is 20.9 Å². The third-order valence-electron chi connectivity index (χ3n) is 3.94. The van der Waals surface area contributed by atoms with Gasteiger partial charge in [-0.05, 0) is 83.5 Å². The van der Waals surface area contributed by atoms with E-state index >= 15 is 0 Å². The first-order valence-corrected chi connectivity index (χ1v) is 10.4. The number of carbonyl (C=O) groups excluding carboxylic acids is 1. The number of rotatable bonds is 5. The highest BCUT2D eigenvalue weighted by Crippen LogP contribution is 2.34. The fourth-order valence-electron chi connectivity index (χ4n) is 2.58. The third kappa shape index (κ3) is 5.07. The van der Waals surface area contributed by atoms with Gasteiger partial charge in [-0.2, -0.15) is 0 Å². The number of nitrogens with zero attached hydrogens (tertiary/aromatic N) is 2. The number of benzene rings is 2. The van der Waals surface area contributed by atoms with E-state index in [0.29, 0.717) is 15.8 Å². The second-order valence-corrected chi connectivity index (χ2v) is 8.44. The summed E-state index contributed by atoms with van der Waals surface area (Å²) in [6.07, 6.45) is 1.86. The zero-order valence-corrected chi connectivity index (χ0v) is 18.5. The molecule has 1 amide bonds. The quantitative estimate of drug-likeness (QED) is 0.604. The lowest BCUT2D eigenvalue weighted by molar-refractivity contribution is -0.121. The smallest absolute Gasteiger partial charge is 0.335 e. The van der Waals surface area contributed by atoms with Crippen molar-refractivity contribution in [3.8, 4) is 5.75 Å². The Labute approximate surface area is 181 Å². The summed E-state index contributed by atoms with van der Waals surface area (Å²) in [5, 5.41) is 9.61. The molecule has 0 saturated carbocycles. The Hall–Kier alpha value is -2.58. The molecule has 0 aliphatic carbocycles. The van der Waals surface area contributed by atoms with Crippen molar-refractivity contribution in [2.45, 2.75) is 20.0 Å². The van der Waals surface area contributed by atoms with Gasteiger partial charge in [0.25, 0.3) is 5.91 Å². The van der Waals surface area contributed by atoms with Crippen LogP contribution in [0.15, 0.2) is 56.8 Å². The molecule has 150 valence electrons. The van der Waals surface area contributed by atoms with E-state index in [4.69, 9.17) is 9.84 Å². The van der Waals surface area contributed by atoms with Crippen molar-refractivity contribution in [3.63, 3.8) is 0 Å². The molecule has 0 unspecified atom stereocenters. The van der Waals surface area contributed by atoms with Crippen LogP contribution in [0.4, 0.5) is 5.69 Å². The van der Waals surface area contributed by atoms with Crippen LogP contribution in [0.2, 0.25) is 0 Å². The maximum Gasteiger partial charge on any atom is 0.335 e.